The molecule has 14 heavy (non-hydrogen) atoms. The lowest BCUT2D eigenvalue weighted by atomic mass is 10.1. The van der Waals surface area contributed by atoms with Crippen LogP contribution in [0.4, 0.5) is 15.8 Å². The van der Waals surface area contributed by atoms with Crippen molar-refractivity contribution in [3.8, 4) is 0 Å². The number of hydrogen-bond donors (Lipinski definition) is 2. The molecule has 1 aliphatic heterocycles. The Bertz CT molecular complexity index is 408. The molecule has 0 aliphatic carbocycles. The van der Waals surface area contributed by atoms with Crippen LogP contribution in [-0.4, -0.2) is 11.9 Å². The van der Waals surface area contributed by atoms with Crippen LogP contribution in [0.25, 0.3) is 0 Å². The SMILES string of the molecule is CC1Nc2ccc(Br)c(F)c2NC1=O. The number of benzene rings is 1. The summed E-state index contributed by atoms with van der Waals surface area (Å²) >= 11 is 3.06. The Labute approximate surface area is 88.8 Å². The van der Waals surface area contributed by atoms with Gasteiger partial charge in [-0.1, -0.05) is 0 Å². The van der Waals surface area contributed by atoms with Crippen LogP contribution in [0.15, 0.2) is 16.6 Å². The van der Waals surface area contributed by atoms with Gasteiger partial charge in [-0.3, -0.25) is 4.79 Å². The van der Waals surface area contributed by atoms with Crippen LogP contribution in [0.1, 0.15) is 6.92 Å². The van der Waals surface area contributed by atoms with Crippen LogP contribution < -0.4 is 10.6 Å². The fourth-order valence-corrected chi connectivity index (χ4v) is 1.65. The number of fused-ring (bicyclic) bond motifs is 1. The van der Waals surface area contributed by atoms with Gasteiger partial charge in [0.05, 0.1) is 10.2 Å². The van der Waals surface area contributed by atoms with Crippen molar-refractivity contribution in [3.63, 3.8) is 0 Å². The van der Waals surface area contributed by atoms with Crippen LogP contribution in [-0.2, 0) is 4.79 Å². The molecule has 0 radical (unpaired) electrons. The molecule has 1 unspecified atom stereocenters. The summed E-state index contributed by atoms with van der Waals surface area (Å²) in [6.07, 6.45) is 0. The molecule has 0 aromatic heterocycles. The van der Waals surface area contributed by atoms with Gasteiger partial charge < -0.3 is 10.6 Å². The third-order valence-electron chi connectivity index (χ3n) is 2.11. The molecule has 1 heterocycles. The van der Waals surface area contributed by atoms with E-state index in [2.05, 4.69) is 26.6 Å². The second-order valence-electron chi connectivity index (χ2n) is 3.14. The van der Waals surface area contributed by atoms with Crippen molar-refractivity contribution in [3.05, 3.63) is 22.4 Å². The zero-order chi connectivity index (χ0) is 10.3. The molecule has 2 rings (SSSR count). The van der Waals surface area contributed by atoms with E-state index >= 15 is 0 Å². The maximum absolute atomic E-state index is 13.5. The number of hydrogen-bond acceptors (Lipinski definition) is 2. The Kier molecular flexibility index (Phi) is 2.19. The van der Waals surface area contributed by atoms with Gasteiger partial charge in [0, 0.05) is 0 Å². The molecule has 0 bridgehead atoms. The first-order valence-electron chi connectivity index (χ1n) is 4.15. The summed E-state index contributed by atoms with van der Waals surface area (Å²) in [5, 5.41) is 5.42. The molecule has 5 heteroatoms. The molecule has 0 fully saturated rings. The first-order chi connectivity index (χ1) is 6.59. The van der Waals surface area contributed by atoms with Gasteiger partial charge in [-0.15, -0.1) is 0 Å². The number of nitrogens with one attached hydrogen (secondary N) is 2. The average Bonchev–Trinajstić information content (AvgIpc) is 2.15. The molecular weight excluding hydrogens is 251 g/mol. The Balaban J connectivity index is 2.52. The molecule has 1 amide bonds. The van der Waals surface area contributed by atoms with Gasteiger partial charge >= 0.3 is 0 Å². The Hall–Kier alpha value is -1.10. The highest BCUT2D eigenvalue weighted by Gasteiger charge is 2.24. The zero-order valence-corrected chi connectivity index (χ0v) is 8.98. The van der Waals surface area contributed by atoms with Gasteiger partial charge in [0.25, 0.3) is 0 Å². The summed E-state index contributed by atoms with van der Waals surface area (Å²) in [6.45, 7) is 1.72. The van der Waals surface area contributed by atoms with E-state index in [-0.39, 0.29) is 17.6 Å². The van der Waals surface area contributed by atoms with Gasteiger partial charge in [0.15, 0.2) is 5.82 Å². The highest BCUT2D eigenvalue weighted by Crippen LogP contribution is 2.33. The normalized spacial score (nSPS) is 19.6. The van der Waals surface area contributed by atoms with Gasteiger partial charge in [0.2, 0.25) is 5.91 Å². The predicted octanol–water partition coefficient (Wildman–Crippen LogP) is 2.34. The summed E-state index contributed by atoms with van der Waals surface area (Å²) in [4.78, 5) is 11.3. The summed E-state index contributed by atoms with van der Waals surface area (Å²) in [5.41, 5.74) is 0.820. The van der Waals surface area contributed by atoms with E-state index < -0.39 is 5.82 Å². The van der Waals surface area contributed by atoms with E-state index in [9.17, 15) is 9.18 Å². The van der Waals surface area contributed by atoms with Crippen molar-refractivity contribution in [1.82, 2.24) is 0 Å². The van der Waals surface area contributed by atoms with Gasteiger partial charge in [-0.2, -0.15) is 0 Å². The number of rotatable bonds is 0. The maximum atomic E-state index is 13.5. The first kappa shape index (κ1) is 9.45. The van der Waals surface area contributed by atoms with Crippen molar-refractivity contribution in [2.45, 2.75) is 13.0 Å². The van der Waals surface area contributed by atoms with Crippen LogP contribution in [0.5, 0.6) is 0 Å². The van der Waals surface area contributed by atoms with E-state index in [0.717, 1.165) is 0 Å². The van der Waals surface area contributed by atoms with Gasteiger partial charge in [-0.05, 0) is 35.0 Å². The summed E-state index contributed by atoms with van der Waals surface area (Å²) in [6, 6.07) is 2.99. The fourth-order valence-electron chi connectivity index (χ4n) is 1.32. The van der Waals surface area contributed by atoms with Crippen molar-refractivity contribution < 1.29 is 9.18 Å². The average molecular weight is 259 g/mol. The van der Waals surface area contributed by atoms with Gasteiger partial charge in [-0.25, -0.2) is 4.39 Å². The van der Waals surface area contributed by atoms with Crippen molar-refractivity contribution in [2.75, 3.05) is 10.6 Å². The Morgan fingerprint density at radius 3 is 2.93 bits per heavy atom. The van der Waals surface area contributed by atoms with Crippen molar-refractivity contribution >= 4 is 33.2 Å². The highest BCUT2D eigenvalue weighted by molar-refractivity contribution is 9.10. The van der Waals surface area contributed by atoms with E-state index in [1.807, 2.05) is 0 Å². The van der Waals surface area contributed by atoms with Crippen LogP contribution in [0, 0.1) is 5.82 Å². The molecule has 0 spiro atoms. The molecule has 74 valence electrons. The van der Waals surface area contributed by atoms with E-state index in [1.54, 1.807) is 19.1 Å². The fraction of sp³-hybridized carbons (Fsp3) is 0.222. The van der Waals surface area contributed by atoms with Crippen LogP contribution in [0.3, 0.4) is 0 Å². The second-order valence-corrected chi connectivity index (χ2v) is 3.99. The maximum Gasteiger partial charge on any atom is 0.246 e. The molecule has 1 atom stereocenters. The molecule has 0 saturated heterocycles. The molecule has 1 aromatic rings. The van der Waals surface area contributed by atoms with E-state index in [1.165, 1.54) is 0 Å². The number of anilines is 2. The van der Waals surface area contributed by atoms with Crippen LogP contribution >= 0.6 is 15.9 Å². The Morgan fingerprint density at radius 1 is 1.50 bits per heavy atom. The third kappa shape index (κ3) is 1.37. The number of amides is 1. The third-order valence-corrected chi connectivity index (χ3v) is 2.72. The zero-order valence-electron chi connectivity index (χ0n) is 7.40. The molecular formula is C9H8BrFN2O. The number of halogens is 2. The minimum absolute atomic E-state index is 0.211. The molecule has 3 nitrogen and oxygen atoms in total. The molecule has 2 N–H and O–H groups in total. The van der Waals surface area contributed by atoms with Gasteiger partial charge in [0.1, 0.15) is 11.7 Å². The first-order valence-corrected chi connectivity index (χ1v) is 4.94. The summed E-state index contributed by atoms with van der Waals surface area (Å²) in [7, 11) is 0. The van der Waals surface area contributed by atoms with Crippen molar-refractivity contribution in [2.24, 2.45) is 0 Å². The highest BCUT2D eigenvalue weighted by atomic mass is 79.9. The second kappa shape index (κ2) is 3.24. The largest absolute Gasteiger partial charge is 0.372 e. The summed E-state index contributed by atoms with van der Waals surface area (Å²) < 4.78 is 13.8. The lowest BCUT2D eigenvalue weighted by Gasteiger charge is -2.24. The molecule has 1 aromatic carbocycles. The van der Waals surface area contributed by atoms with E-state index in [0.29, 0.717) is 10.2 Å². The number of carbonyl (C=O) groups excluding carboxylic acids is 1. The van der Waals surface area contributed by atoms with Crippen LogP contribution in [0.2, 0.25) is 0 Å². The smallest absolute Gasteiger partial charge is 0.246 e. The monoisotopic (exact) mass is 258 g/mol. The minimum atomic E-state index is -0.449. The topological polar surface area (TPSA) is 41.1 Å². The van der Waals surface area contributed by atoms with E-state index in [4.69, 9.17) is 0 Å². The molecule has 0 saturated carbocycles. The lowest BCUT2D eigenvalue weighted by Crippen LogP contribution is -2.36. The summed E-state index contributed by atoms with van der Waals surface area (Å²) in [5.74, 6) is -0.676. The Morgan fingerprint density at radius 2 is 2.21 bits per heavy atom. The minimum Gasteiger partial charge on any atom is -0.372 e. The molecule has 1 aliphatic rings. The standard InChI is InChI=1S/C9H8BrFN2O/c1-4-9(14)13-8-6(12-4)3-2-5(10)7(8)11/h2-4,12H,1H3,(H,13,14). The predicted molar refractivity (Wildman–Crippen MR) is 55.8 cm³/mol. The number of carbonyl (C=O) groups is 1. The quantitative estimate of drug-likeness (QED) is 0.750. The van der Waals surface area contributed by atoms with Crippen molar-refractivity contribution in [1.29, 1.82) is 0 Å². The lowest BCUT2D eigenvalue weighted by molar-refractivity contribution is -0.116.